The van der Waals surface area contributed by atoms with Gasteiger partial charge in [0.2, 0.25) is 0 Å². The van der Waals surface area contributed by atoms with Gasteiger partial charge in [0.15, 0.2) is 6.10 Å². The molecular weight excluding hydrogens is 320 g/mol. The summed E-state index contributed by atoms with van der Waals surface area (Å²) in [6.45, 7) is 3.80. The van der Waals surface area contributed by atoms with Gasteiger partial charge in [0.05, 0.1) is 6.61 Å². The van der Waals surface area contributed by atoms with Crippen molar-refractivity contribution < 1.29 is 49.3 Å². The van der Waals surface area contributed by atoms with Crippen molar-refractivity contribution in [3.05, 3.63) is 25.2 Å². The van der Waals surface area contributed by atoms with Crippen LogP contribution in [0.25, 0.3) is 0 Å². The Bertz CT molecular complexity index is 434. The Morgan fingerprint density at radius 1 is 1.10 bits per heavy atom. The van der Waals surface area contributed by atoms with E-state index in [0.717, 1.165) is 0 Å². The molecule has 1 aliphatic heterocycles. The fourth-order valence-electron chi connectivity index (χ4n) is 1.13. The predicted molar refractivity (Wildman–Crippen MR) is 51.0 cm³/mol. The molecule has 0 aromatic rings. The lowest BCUT2D eigenvalue weighted by Crippen LogP contribution is -2.56. The molecule has 0 aromatic carbocycles. The SMILES string of the molecule is C=CC(F)(OC(F)(F)C(F)(F)C1CO1)C(F)(F)OC(=C)F. The molecule has 122 valence electrons. The molecule has 1 heterocycles. The Morgan fingerprint density at radius 3 is 1.90 bits per heavy atom. The van der Waals surface area contributed by atoms with E-state index in [1.807, 2.05) is 0 Å². The van der Waals surface area contributed by atoms with Crippen molar-refractivity contribution in [3.8, 4) is 0 Å². The molecule has 0 saturated carbocycles. The summed E-state index contributed by atoms with van der Waals surface area (Å²) < 4.78 is 115. The number of epoxide rings is 1. The maximum absolute atomic E-state index is 13.7. The maximum Gasteiger partial charge on any atom is 0.465 e. The van der Waals surface area contributed by atoms with Gasteiger partial charge in [-0.05, 0) is 12.7 Å². The molecule has 1 fully saturated rings. The normalized spacial score (nSPS) is 22.4. The zero-order chi connectivity index (χ0) is 16.7. The molecule has 0 aliphatic carbocycles. The second-order valence-corrected chi connectivity index (χ2v) is 3.89. The van der Waals surface area contributed by atoms with Crippen LogP contribution in [0.2, 0.25) is 0 Å². The van der Waals surface area contributed by atoms with Gasteiger partial charge < -0.3 is 9.47 Å². The molecule has 2 atom stereocenters. The van der Waals surface area contributed by atoms with Gasteiger partial charge in [0.25, 0.3) is 6.01 Å². The van der Waals surface area contributed by atoms with Gasteiger partial charge in [0.1, 0.15) is 0 Å². The van der Waals surface area contributed by atoms with E-state index in [4.69, 9.17) is 0 Å². The van der Waals surface area contributed by atoms with Gasteiger partial charge in [-0.25, -0.2) is 0 Å². The first-order valence-corrected chi connectivity index (χ1v) is 5.10. The average molecular weight is 328 g/mol. The minimum absolute atomic E-state index is 0.576. The Kier molecular flexibility index (Phi) is 4.32. The van der Waals surface area contributed by atoms with Gasteiger partial charge in [-0.15, -0.1) is 0 Å². The minimum Gasteiger partial charge on any atom is -0.402 e. The molecule has 21 heavy (non-hydrogen) atoms. The lowest BCUT2D eigenvalue weighted by molar-refractivity contribution is -0.453. The van der Waals surface area contributed by atoms with Gasteiger partial charge >= 0.3 is 24.0 Å². The predicted octanol–water partition coefficient (Wildman–Crippen LogP) is 3.53. The van der Waals surface area contributed by atoms with Crippen molar-refractivity contribution in [3.63, 3.8) is 0 Å². The molecule has 0 spiro atoms. The molecular formula is C10H8F8O3. The third-order valence-electron chi connectivity index (χ3n) is 2.30. The van der Waals surface area contributed by atoms with E-state index in [2.05, 4.69) is 27.4 Å². The number of alkyl halides is 7. The van der Waals surface area contributed by atoms with Crippen molar-refractivity contribution in [2.75, 3.05) is 6.61 Å². The molecule has 1 saturated heterocycles. The molecule has 0 N–H and O–H groups in total. The average Bonchev–Trinajstić information content (AvgIpc) is 3.09. The summed E-state index contributed by atoms with van der Waals surface area (Å²) in [5, 5.41) is 0. The summed E-state index contributed by atoms with van der Waals surface area (Å²) in [7, 11) is 0. The Hall–Kier alpha value is -1.36. The molecule has 1 aliphatic rings. The smallest absolute Gasteiger partial charge is 0.402 e. The van der Waals surface area contributed by atoms with Crippen LogP contribution >= 0.6 is 0 Å². The third kappa shape index (κ3) is 3.28. The Labute approximate surface area is 112 Å². The van der Waals surface area contributed by atoms with E-state index < -0.39 is 48.8 Å². The van der Waals surface area contributed by atoms with Gasteiger partial charge in [0, 0.05) is 0 Å². The largest absolute Gasteiger partial charge is 0.465 e. The summed E-state index contributed by atoms with van der Waals surface area (Å²) in [5.41, 5.74) is 0. The van der Waals surface area contributed by atoms with Crippen molar-refractivity contribution in [2.24, 2.45) is 0 Å². The first kappa shape index (κ1) is 17.7. The van der Waals surface area contributed by atoms with E-state index >= 15 is 0 Å². The van der Waals surface area contributed by atoms with Gasteiger partial charge in [-0.3, -0.25) is 4.74 Å². The van der Waals surface area contributed by atoms with E-state index in [1.54, 1.807) is 0 Å². The molecule has 0 amide bonds. The van der Waals surface area contributed by atoms with E-state index in [-0.39, 0.29) is 0 Å². The molecule has 0 bridgehead atoms. The summed E-state index contributed by atoms with van der Waals surface area (Å²) in [4.78, 5) is 0. The fraction of sp³-hybridized carbons (Fsp3) is 0.600. The van der Waals surface area contributed by atoms with E-state index in [1.165, 1.54) is 0 Å². The first-order chi connectivity index (χ1) is 9.29. The summed E-state index contributed by atoms with van der Waals surface area (Å²) in [6.07, 6.45) is -14.0. The van der Waals surface area contributed by atoms with Crippen LogP contribution in [0, 0.1) is 0 Å². The molecule has 3 nitrogen and oxygen atoms in total. The van der Waals surface area contributed by atoms with Crippen molar-refractivity contribution in [1.82, 2.24) is 0 Å². The highest BCUT2D eigenvalue weighted by Gasteiger charge is 2.73. The topological polar surface area (TPSA) is 31.0 Å². The van der Waals surface area contributed by atoms with E-state index in [0.29, 0.717) is 0 Å². The number of rotatable bonds is 8. The van der Waals surface area contributed by atoms with Crippen LogP contribution in [0.4, 0.5) is 35.1 Å². The number of ether oxygens (including phenoxy) is 3. The lowest BCUT2D eigenvalue weighted by Gasteiger charge is -2.34. The third-order valence-corrected chi connectivity index (χ3v) is 2.30. The Balaban J connectivity index is 3.04. The van der Waals surface area contributed by atoms with Gasteiger partial charge in [-0.2, -0.15) is 35.1 Å². The number of hydrogen-bond donors (Lipinski definition) is 0. The lowest BCUT2D eigenvalue weighted by atomic mass is 10.2. The van der Waals surface area contributed by atoms with Gasteiger partial charge in [-0.1, -0.05) is 6.58 Å². The summed E-state index contributed by atoms with van der Waals surface area (Å²) in [5.74, 6) is -10.1. The maximum atomic E-state index is 13.7. The van der Waals surface area contributed by atoms with Crippen molar-refractivity contribution in [1.29, 1.82) is 0 Å². The molecule has 2 unspecified atom stereocenters. The second kappa shape index (κ2) is 5.13. The van der Waals surface area contributed by atoms with Crippen LogP contribution in [0.1, 0.15) is 0 Å². The molecule has 0 aromatic heterocycles. The highest BCUT2D eigenvalue weighted by Crippen LogP contribution is 2.49. The van der Waals surface area contributed by atoms with Crippen molar-refractivity contribution in [2.45, 2.75) is 30.1 Å². The number of hydrogen-bond acceptors (Lipinski definition) is 3. The van der Waals surface area contributed by atoms with Crippen LogP contribution in [0.3, 0.4) is 0 Å². The van der Waals surface area contributed by atoms with Crippen LogP contribution in [-0.4, -0.2) is 36.7 Å². The molecule has 1 rings (SSSR count). The van der Waals surface area contributed by atoms with Crippen LogP contribution < -0.4 is 0 Å². The highest BCUT2D eigenvalue weighted by atomic mass is 19.3. The van der Waals surface area contributed by atoms with Crippen molar-refractivity contribution >= 4 is 0 Å². The standard InChI is InChI=1S/C10H8F8O3/c1-3-7(12,9(15,16)20-5(2)11)21-10(17,18)8(13,14)6-4-19-6/h3,6H,1-2,4H2. The summed E-state index contributed by atoms with van der Waals surface area (Å²) >= 11 is 0. The monoisotopic (exact) mass is 328 g/mol. The summed E-state index contributed by atoms with van der Waals surface area (Å²) in [6, 6.07) is -2.26. The van der Waals surface area contributed by atoms with Crippen LogP contribution in [0.15, 0.2) is 25.2 Å². The minimum atomic E-state index is -5.71. The molecule has 11 heteroatoms. The van der Waals surface area contributed by atoms with E-state index in [9.17, 15) is 35.1 Å². The zero-order valence-corrected chi connectivity index (χ0v) is 10.0. The quantitative estimate of drug-likeness (QED) is 0.296. The number of halogens is 8. The highest BCUT2D eigenvalue weighted by molar-refractivity contribution is 5.01. The van der Waals surface area contributed by atoms with Crippen LogP contribution in [0.5, 0.6) is 0 Å². The molecule has 0 radical (unpaired) electrons. The first-order valence-electron chi connectivity index (χ1n) is 5.10. The van der Waals surface area contributed by atoms with Crippen LogP contribution in [-0.2, 0) is 14.2 Å². The fourth-order valence-corrected chi connectivity index (χ4v) is 1.13. The second-order valence-electron chi connectivity index (χ2n) is 3.89. The Morgan fingerprint density at radius 2 is 1.57 bits per heavy atom. The zero-order valence-electron chi connectivity index (χ0n) is 10.0.